The molecule has 0 aromatic heterocycles. The Balaban J connectivity index is 2.21. The lowest BCUT2D eigenvalue weighted by Crippen LogP contribution is -2.27. The zero-order chi connectivity index (χ0) is 9.84. The molecule has 2 unspecified atom stereocenters. The van der Waals surface area contributed by atoms with E-state index < -0.39 is 0 Å². The van der Waals surface area contributed by atoms with Crippen molar-refractivity contribution < 1.29 is 5.11 Å². The molecule has 1 saturated carbocycles. The molecule has 0 aromatic rings. The molecule has 0 amide bonds. The second-order valence-electron chi connectivity index (χ2n) is 5.19. The Kier molecular flexibility index (Phi) is 4.24. The number of hydrogen-bond donors (Lipinski definition) is 1. The van der Waals surface area contributed by atoms with Gasteiger partial charge in [0.25, 0.3) is 0 Å². The maximum Gasteiger partial charge on any atom is 0.0568 e. The van der Waals surface area contributed by atoms with Crippen molar-refractivity contribution in [2.75, 3.05) is 0 Å². The summed E-state index contributed by atoms with van der Waals surface area (Å²) in [4.78, 5) is 0. The highest BCUT2D eigenvalue weighted by Gasteiger charge is 2.25. The molecule has 1 N–H and O–H groups in total. The van der Waals surface area contributed by atoms with Crippen LogP contribution in [0.4, 0.5) is 0 Å². The minimum atomic E-state index is -0.0223. The lowest BCUT2D eigenvalue weighted by Gasteiger charge is -2.31. The number of aliphatic hydroxyl groups is 1. The van der Waals surface area contributed by atoms with Crippen LogP contribution in [0.2, 0.25) is 0 Å². The van der Waals surface area contributed by atoms with Gasteiger partial charge in [0.1, 0.15) is 0 Å². The first-order valence-corrected chi connectivity index (χ1v) is 5.77. The van der Waals surface area contributed by atoms with E-state index in [4.69, 9.17) is 0 Å². The van der Waals surface area contributed by atoms with Crippen LogP contribution in [0, 0.1) is 17.8 Å². The topological polar surface area (TPSA) is 20.2 Å². The Morgan fingerprint density at radius 3 is 2.54 bits per heavy atom. The molecule has 13 heavy (non-hydrogen) atoms. The molecule has 0 radical (unpaired) electrons. The van der Waals surface area contributed by atoms with Crippen molar-refractivity contribution in [1.82, 2.24) is 0 Å². The molecule has 1 nitrogen and oxygen atoms in total. The van der Waals surface area contributed by atoms with E-state index >= 15 is 0 Å². The maximum absolute atomic E-state index is 9.71. The van der Waals surface area contributed by atoms with Gasteiger partial charge in [-0.05, 0) is 30.6 Å². The van der Waals surface area contributed by atoms with Gasteiger partial charge in [0.2, 0.25) is 0 Å². The van der Waals surface area contributed by atoms with Gasteiger partial charge < -0.3 is 5.11 Å². The third-order valence-corrected chi connectivity index (χ3v) is 3.41. The zero-order valence-electron chi connectivity index (χ0n) is 9.29. The summed E-state index contributed by atoms with van der Waals surface area (Å²) in [7, 11) is 0. The van der Waals surface area contributed by atoms with Crippen LogP contribution < -0.4 is 0 Å². The lowest BCUT2D eigenvalue weighted by molar-refractivity contribution is 0.0498. The molecule has 1 rings (SSSR count). The van der Waals surface area contributed by atoms with Gasteiger partial charge in [-0.3, -0.25) is 0 Å². The van der Waals surface area contributed by atoms with Crippen molar-refractivity contribution in [2.24, 2.45) is 17.8 Å². The summed E-state index contributed by atoms with van der Waals surface area (Å²) in [6, 6.07) is 0. The van der Waals surface area contributed by atoms with Gasteiger partial charge in [-0.15, -0.1) is 0 Å². The fraction of sp³-hybridized carbons (Fsp3) is 1.00. The van der Waals surface area contributed by atoms with Crippen molar-refractivity contribution in [3.63, 3.8) is 0 Å². The van der Waals surface area contributed by atoms with Gasteiger partial charge in [-0.25, -0.2) is 0 Å². The molecular weight excluding hydrogens is 160 g/mol. The van der Waals surface area contributed by atoms with E-state index in [9.17, 15) is 5.11 Å². The predicted molar refractivity (Wildman–Crippen MR) is 56.6 cm³/mol. The third-order valence-electron chi connectivity index (χ3n) is 3.41. The molecule has 0 bridgehead atoms. The summed E-state index contributed by atoms with van der Waals surface area (Å²) in [6.07, 6.45) is 6.24. The van der Waals surface area contributed by atoms with Gasteiger partial charge in [0.15, 0.2) is 0 Å². The van der Waals surface area contributed by atoms with Crippen LogP contribution >= 0.6 is 0 Å². The fourth-order valence-electron chi connectivity index (χ4n) is 2.21. The molecule has 0 aliphatic heterocycles. The van der Waals surface area contributed by atoms with Crippen LogP contribution in [-0.4, -0.2) is 11.2 Å². The summed E-state index contributed by atoms with van der Waals surface area (Å²) in [5.41, 5.74) is 0. The minimum absolute atomic E-state index is 0.0223. The van der Waals surface area contributed by atoms with Crippen LogP contribution in [0.1, 0.15) is 52.9 Å². The Morgan fingerprint density at radius 1 is 1.31 bits per heavy atom. The Bertz CT molecular complexity index is 142. The maximum atomic E-state index is 9.71. The Hall–Kier alpha value is -0.0400. The van der Waals surface area contributed by atoms with Crippen molar-refractivity contribution in [2.45, 2.75) is 59.0 Å². The third kappa shape index (κ3) is 3.68. The van der Waals surface area contributed by atoms with Crippen LogP contribution in [0.5, 0.6) is 0 Å². The van der Waals surface area contributed by atoms with Crippen LogP contribution in [-0.2, 0) is 0 Å². The molecule has 3 atom stereocenters. The van der Waals surface area contributed by atoms with Gasteiger partial charge in [0.05, 0.1) is 6.10 Å². The van der Waals surface area contributed by atoms with Gasteiger partial charge >= 0.3 is 0 Å². The Labute approximate surface area is 82.5 Å². The van der Waals surface area contributed by atoms with Crippen molar-refractivity contribution in [3.05, 3.63) is 0 Å². The van der Waals surface area contributed by atoms with Crippen molar-refractivity contribution >= 4 is 0 Å². The van der Waals surface area contributed by atoms with Crippen LogP contribution in [0.3, 0.4) is 0 Å². The average Bonchev–Trinajstić information content (AvgIpc) is 2.07. The summed E-state index contributed by atoms with van der Waals surface area (Å²) >= 11 is 0. The predicted octanol–water partition coefficient (Wildman–Crippen LogP) is 3.22. The van der Waals surface area contributed by atoms with E-state index in [0.29, 0.717) is 5.92 Å². The summed E-state index contributed by atoms with van der Waals surface area (Å²) < 4.78 is 0. The molecule has 1 fully saturated rings. The smallest absolute Gasteiger partial charge is 0.0568 e. The van der Waals surface area contributed by atoms with Crippen molar-refractivity contribution in [1.29, 1.82) is 0 Å². The number of hydrogen-bond acceptors (Lipinski definition) is 1. The Morgan fingerprint density at radius 2 is 2.00 bits per heavy atom. The number of aliphatic hydroxyl groups excluding tert-OH is 1. The normalized spacial score (nSPS) is 35.3. The summed E-state index contributed by atoms with van der Waals surface area (Å²) in [6.45, 7) is 6.73. The standard InChI is InChI=1S/C12H24O/c1-9(2)4-6-11-7-5-10(3)12(13)8-11/h9-13H,4-8H2,1-3H3/t10-,11?,12?/m1/s1. The number of rotatable bonds is 3. The van der Waals surface area contributed by atoms with E-state index in [2.05, 4.69) is 20.8 Å². The molecule has 0 heterocycles. The lowest BCUT2D eigenvalue weighted by atomic mass is 9.78. The first kappa shape index (κ1) is 11.0. The van der Waals surface area contributed by atoms with E-state index in [1.807, 2.05) is 0 Å². The highest BCUT2D eigenvalue weighted by atomic mass is 16.3. The summed E-state index contributed by atoms with van der Waals surface area (Å²) in [5.74, 6) is 2.15. The molecule has 0 aromatic carbocycles. The van der Waals surface area contributed by atoms with E-state index in [1.54, 1.807) is 0 Å². The SMILES string of the molecule is CC(C)CCC1CC[C@@H](C)C(O)C1. The monoisotopic (exact) mass is 184 g/mol. The first-order valence-electron chi connectivity index (χ1n) is 5.77. The van der Waals surface area contributed by atoms with Gasteiger partial charge in [-0.1, -0.05) is 40.0 Å². The zero-order valence-corrected chi connectivity index (χ0v) is 9.29. The van der Waals surface area contributed by atoms with Crippen LogP contribution in [0.25, 0.3) is 0 Å². The summed E-state index contributed by atoms with van der Waals surface area (Å²) in [5, 5.41) is 9.71. The fourth-order valence-corrected chi connectivity index (χ4v) is 2.21. The average molecular weight is 184 g/mol. The minimum Gasteiger partial charge on any atom is -0.393 e. The van der Waals surface area contributed by atoms with E-state index in [-0.39, 0.29) is 6.10 Å². The molecule has 0 spiro atoms. The van der Waals surface area contributed by atoms with Gasteiger partial charge in [-0.2, -0.15) is 0 Å². The highest BCUT2D eigenvalue weighted by molar-refractivity contribution is 4.77. The van der Waals surface area contributed by atoms with Crippen LogP contribution in [0.15, 0.2) is 0 Å². The molecule has 78 valence electrons. The molecular formula is C12H24O. The molecule has 1 aliphatic rings. The van der Waals surface area contributed by atoms with Crippen molar-refractivity contribution in [3.8, 4) is 0 Å². The largest absolute Gasteiger partial charge is 0.393 e. The van der Waals surface area contributed by atoms with Gasteiger partial charge in [0, 0.05) is 0 Å². The molecule has 1 aliphatic carbocycles. The quantitative estimate of drug-likeness (QED) is 0.714. The molecule has 0 saturated heterocycles. The van der Waals surface area contributed by atoms with E-state index in [1.165, 1.54) is 25.7 Å². The second-order valence-corrected chi connectivity index (χ2v) is 5.19. The first-order chi connectivity index (χ1) is 6.09. The highest BCUT2D eigenvalue weighted by Crippen LogP contribution is 2.32. The second kappa shape index (κ2) is 4.99. The van der Waals surface area contributed by atoms with E-state index in [0.717, 1.165) is 18.3 Å². The molecule has 1 heteroatoms.